The molecule has 0 aliphatic carbocycles. The number of morpholine rings is 1. The number of hydrogen-bond donors (Lipinski definition) is 1. The Bertz CT molecular complexity index is 503. The largest absolute Gasteiger partial charge is 0.480 e. The number of pyridine rings is 1. The SMILES string of the molecule is CC[C@@](C)(CNC(=O)c1cccnc1OC)N1CCOCC1. The summed E-state index contributed by atoms with van der Waals surface area (Å²) in [5, 5.41) is 3.02. The Kier molecular flexibility index (Phi) is 5.74. The molecule has 22 heavy (non-hydrogen) atoms. The summed E-state index contributed by atoms with van der Waals surface area (Å²) in [5.74, 6) is 0.197. The van der Waals surface area contributed by atoms with Gasteiger partial charge in [-0.1, -0.05) is 6.92 Å². The third-order valence-corrected chi connectivity index (χ3v) is 4.38. The number of nitrogens with zero attached hydrogens (tertiary/aromatic N) is 2. The van der Waals surface area contributed by atoms with Crippen molar-refractivity contribution in [1.29, 1.82) is 0 Å². The second-order valence-electron chi connectivity index (χ2n) is 5.69. The molecule has 0 aromatic carbocycles. The van der Waals surface area contributed by atoms with Gasteiger partial charge in [-0.3, -0.25) is 9.69 Å². The first-order valence-corrected chi connectivity index (χ1v) is 7.70. The number of carbonyl (C=O) groups excluding carboxylic acids is 1. The zero-order valence-electron chi connectivity index (χ0n) is 13.6. The molecule has 1 fully saturated rings. The zero-order valence-corrected chi connectivity index (χ0v) is 13.6. The number of nitrogens with one attached hydrogen (secondary N) is 1. The van der Waals surface area contributed by atoms with Crippen molar-refractivity contribution in [2.24, 2.45) is 0 Å². The van der Waals surface area contributed by atoms with E-state index in [0.29, 0.717) is 18.0 Å². The summed E-state index contributed by atoms with van der Waals surface area (Å²) >= 11 is 0. The van der Waals surface area contributed by atoms with E-state index in [2.05, 4.69) is 29.0 Å². The Morgan fingerprint density at radius 1 is 1.50 bits per heavy atom. The van der Waals surface area contributed by atoms with E-state index >= 15 is 0 Å². The Morgan fingerprint density at radius 2 is 2.23 bits per heavy atom. The molecule has 6 nitrogen and oxygen atoms in total. The van der Waals surface area contributed by atoms with Crippen LogP contribution in [0.4, 0.5) is 0 Å². The molecule has 0 radical (unpaired) electrons. The van der Waals surface area contributed by atoms with Crippen LogP contribution < -0.4 is 10.1 Å². The average Bonchev–Trinajstić information content (AvgIpc) is 2.60. The molecule has 1 aliphatic heterocycles. The highest BCUT2D eigenvalue weighted by Crippen LogP contribution is 2.20. The normalized spacial score (nSPS) is 18.5. The minimum absolute atomic E-state index is 0.0745. The molecule has 1 aliphatic rings. The molecule has 122 valence electrons. The van der Waals surface area contributed by atoms with E-state index in [4.69, 9.17) is 9.47 Å². The first-order valence-electron chi connectivity index (χ1n) is 7.70. The van der Waals surface area contributed by atoms with Crippen LogP contribution in [-0.2, 0) is 4.74 Å². The minimum atomic E-state index is -0.155. The molecule has 1 aromatic heterocycles. The summed E-state index contributed by atoms with van der Waals surface area (Å²) in [6, 6.07) is 3.46. The van der Waals surface area contributed by atoms with Gasteiger partial charge in [-0.05, 0) is 25.5 Å². The lowest BCUT2D eigenvalue weighted by atomic mass is 9.95. The molecule has 0 saturated carbocycles. The average molecular weight is 307 g/mol. The van der Waals surface area contributed by atoms with Gasteiger partial charge in [0.15, 0.2) is 0 Å². The molecule has 1 atom stereocenters. The number of amides is 1. The maximum Gasteiger partial charge on any atom is 0.256 e. The lowest BCUT2D eigenvalue weighted by Gasteiger charge is -2.43. The topological polar surface area (TPSA) is 63.7 Å². The van der Waals surface area contributed by atoms with Gasteiger partial charge in [0.1, 0.15) is 5.56 Å². The van der Waals surface area contributed by atoms with E-state index in [0.717, 1.165) is 32.7 Å². The maximum absolute atomic E-state index is 12.4. The van der Waals surface area contributed by atoms with Crippen LogP contribution in [0.2, 0.25) is 0 Å². The Balaban J connectivity index is 2.01. The van der Waals surface area contributed by atoms with Crippen LogP contribution in [0.25, 0.3) is 0 Å². The summed E-state index contributed by atoms with van der Waals surface area (Å²) in [4.78, 5) is 18.8. The van der Waals surface area contributed by atoms with Crippen molar-refractivity contribution in [3.8, 4) is 5.88 Å². The van der Waals surface area contributed by atoms with Gasteiger partial charge >= 0.3 is 0 Å². The molecular formula is C16H25N3O3. The Labute approximate surface area is 131 Å². The van der Waals surface area contributed by atoms with E-state index < -0.39 is 0 Å². The molecule has 1 amide bonds. The number of methoxy groups -OCH3 is 1. The van der Waals surface area contributed by atoms with Crippen molar-refractivity contribution in [1.82, 2.24) is 15.2 Å². The molecular weight excluding hydrogens is 282 g/mol. The van der Waals surface area contributed by atoms with Crippen molar-refractivity contribution in [2.45, 2.75) is 25.8 Å². The zero-order chi connectivity index (χ0) is 16.0. The number of aromatic nitrogens is 1. The molecule has 0 bridgehead atoms. The van der Waals surface area contributed by atoms with Gasteiger partial charge in [-0.2, -0.15) is 0 Å². The van der Waals surface area contributed by atoms with Crippen LogP contribution in [0.1, 0.15) is 30.6 Å². The second kappa shape index (κ2) is 7.56. The predicted octanol–water partition coefficient (Wildman–Crippen LogP) is 1.32. The predicted molar refractivity (Wildman–Crippen MR) is 84.2 cm³/mol. The standard InChI is InChI=1S/C16H25N3O3/c1-4-16(2,19-8-10-22-11-9-19)12-18-14(20)13-6-5-7-17-15(13)21-3/h5-7H,4,8-12H2,1-3H3,(H,18,20)/t16-/m0/s1. The fraction of sp³-hybridized carbons (Fsp3) is 0.625. The highest BCUT2D eigenvalue weighted by atomic mass is 16.5. The van der Waals surface area contributed by atoms with E-state index in [1.54, 1.807) is 18.3 Å². The van der Waals surface area contributed by atoms with Crippen molar-refractivity contribution >= 4 is 5.91 Å². The Morgan fingerprint density at radius 3 is 2.86 bits per heavy atom. The molecule has 0 unspecified atom stereocenters. The van der Waals surface area contributed by atoms with Gasteiger partial charge in [0.25, 0.3) is 5.91 Å². The highest BCUT2D eigenvalue weighted by Gasteiger charge is 2.32. The number of carbonyl (C=O) groups is 1. The third-order valence-electron chi connectivity index (χ3n) is 4.38. The molecule has 2 rings (SSSR count). The minimum Gasteiger partial charge on any atom is -0.480 e. The summed E-state index contributed by atoms with van der Waals surface area (Å²) in [6.45, 7) is 8.21. The highest BCUT2D eigenvalue weighted by molar-refractivity contribution is 5.96. The van der Waals surface area contributed by atoms with Crippen molar-refractivity contribution in [3.05, 3.63) is 23.9 Å². The molecule has 1 saturated heterocycles. The van der Waals surface area contributed by atoms with Gasteiger partial charge in [-0.15, -0.1) is 0 Å². The van der Waals surface area contributed by atoms with E-state index in [1.807, 2.05) is 0 Å². The summed E-state index contributed by atoms with van der Waals surface area (Å²) in [6.07, 6.45) is 2.57. The van der Waals surface area contributed by atoms with Gasteiger partial charge < -0.3 is 14.8 Å². The summed E-state index contributed by atoms with van der Waals surface area (Å²) < 4.78 is 10.6. The lowest BCUT2D eigenvalue weighted by molar-refractivity contribution is -0.0169. The van der Waals surface area contributed by atoms with Gasteiger partial charge in [-0.25, -0.2) is 4.98 Å². The monoisotopic (exact) mass is 307 g/mol. The molecule has 1 N–H and O–H groups in total. The van der Waals surface area contributed by atoms with Gasteiger partial charge in [0, 0.05) is 31.4 Å². The number of rotatable bonds is 6. The lowest BCUT2D eigenvalue weighted by Crippen LogP contribution is -2.56. The summed E-state index contributed by atoms with van der Waals surface area (Å²) in [7, 11) is 1.52. The number of hydrogen-bond acceptors (Lipinski definition) is 5. The van der Waals surface area contributed by atoms with Crippen LogP contribution in [0.15, 0.2) is 18.3 Å². The van der Waals surface area contributed by atoms with Crippen molar-refractivity contribution in [3.63, 3.8) is 0 Å². The van der Waals surface area contributed by atoms with E-state index in [-0.39, 0.29) is 11.4 Å². The number of ether oxygens (including phenoxy) is 2. The van der Waals surface area contributed by atoms with Crippen LogP contribution in [0.5, 0.6) is 5.88 Å². The fourth-order valence-corrected chi connectivity index (χ4v) is 2.66. The molecule has 0 spiro atoms. The van der Waals surface area contributed by atoms with Gasteiger partial charge in [0.05, 0.1) is 20.3 Å². The molecule has 6 heteroatoms. The fourth-order valence-electron chi connectivity index (χ4n) is 2.66. The first-order chi connectivity index (χ1) is 10.6. The first kappa shape index (κ1) is 16.7. The van der Waals surface area contributed by atoms with Crippen LogP contribution in [-0.4, -0.2) is 61.3 Å². The van der Waals surface area contributed by atoms with Gasteiger partial charge in [0.2, 0.25) is 5.88 Å². The third kappa shape index (κ3) is 3.75. The van der Waals surface area contributed by atoms with Crippen molar-refractivity contribution < 1.29 is 14.3 Å². The van der Waals surface area contributed by atoms with E-state index in [9.17, 15) is 4.79 Å². The van der Waals surface area contributed by atoms with E-state index in [1.165, 1.54) is 7.11 Å². The van der Waals surface area contributed by atoms with Crippen LogP contribution in [0.3, 0.4) is 0 Å². The van der Waals surface area contributed by atoms with Crippen LogP contribution >= 0.6 is 0 Å². The van der Waals surface area contributed by atoms with Crippen LogP contribution in [0, 0.1) is 0 Å². The smallest absolute Gasteiger partial charge is 0.256 e. The molecule has 1 aromatic rings. The maximum atomic E-state index is 12.4. The second-order valence-corrected chi connectivity index (χ2v) is 5.69. The van der Waals surface area contributed by atoms with Crippen molar-refractivity contribution in [2.75, 3.05) is 40.0 Å². The summed E-state index contributed by atoms with van der Waals surface area (Å²) in [5.41, 5.74) is 0.389. The Hall–Kier alpha value is -1.66. The molecule has 2 heterocycles. The quantitative estimate of drug-likeness (QED) is 0.859.